The Kier molecular flexibility index (Phi) is 3.18. The van der Waals surface area contributed by atoms with E-state index < -0.39 is 23.5 Å². The van der Waals surface area contributed by atoms with Gasteiger partial charge in [-0.25, -0.2) is 4.39 Å². The number of amides is 1. The number of alkyl halides is 3. The molecule has 0 spiro atoms. The molecule has 1 amide bonds. The zero-order valence-electron chi connectivity index (χ0n) is 7.73. The molecule has 16 heavy (non-hydrogen) atoms. The minimum absolute atomic E-state index is 0.0516. The van der Waals surface area contributed by atoms with Crippen molar-refractivity contribution >= 4 is 5.91 Å². The van der Waals surface area contributed by atoms with Gasteiger partial charge in [-0.05, 0) is 24.1 Å². The molecular weight excluding hydrogens is 226 g/mol. The van der Waals surface area contributed by atoms with Crippen LogP contribution in [0.4, 0.5) is 17.6 Å². The van der Waals surface area contributed by atoms with Gasteiger partial charge in [-0.1, -0.05) is 5.92 Å². The quantitative estimate of drug-likeness (QED) is 0.535. The van der Waals surface area contributed by atoms with Crippen molar-refractivity contribution < 1.29 is 22.4 Å². The average molecular weight is 231 g/mol. The van der Waals surface area contributed by atoms with Crippen molar-refractivity contribution in [3.05, 3.63) is 35.1 Å². The minimum atomic E-state index is -4.75. The number of benzene rings is 1. The monoisotopic (exact) mass is 231 g/mol. The molecule has 6 heteroatoms. The Hall–Kier alpha value is -2.03. The molecule has 1 rings (SSSR count). The number of hydrogen-bond donors (Lipinski definition) is 1. The van der Waals surface area contributed by atoms with Crippen LogP contribution >= 0.6 is 0 Å². The molecule has 0 heterocycles. The van der Waals surface area contributed by atoms with Crippen molar-refractivity contribution in [3.63, 3.8) is 0 Å². The third kappa shape index (κ3) is 2.98. The molecule has 0 aliphatic heterocycles. The Bertz CT molecular complexity index is 482. The maximum Gasteiger partial charge on any atom is 0.419 e. The van der Waals surface area contributed by atoms with E-state index in [1.807, 2.05) is 5.92 Å². The topological polar surface area (TPSA) is 43.1 Å². The zero-order chi connectivity index (χ0) is 12.3. The van der Waals surface area contributed by atoms with E-state index in [4.69, 9.17) is 5.73 Å². The van der Waals surface area contributed by atoms with Crippen LogP contribution in [-0.4, -0.2) is 5.91 Å². The summed E-state index contributed by atoms with van der Waals surface area (Å²) in [4.78, 5) is 10.3. The highest BCUT2D eigenvalue weighted by Crippen LogP contribution is 2.31. The fourth-order valence-corrected chi connectivity index (χ4v) is 0.957. The fourth-order valence-electron chi connectivity index (χ4n) is 0.957. The van der Waals surface area contributed by atoms with Crippen molar-refractivity contribution in [2.45, 2.75) is 6.18 Å². The highest BCUT2D eigenvalue weighted by Gasteiger charge is 2.33. The Morgan fingerprint density at radius 3 is 2.38 bits per heavy atom. The van der Waals surface area contributed by atoms with Crippen LogP contribution in [0.25, 0.3) is 0 Å². The number of carbonyl (C=O) groups excluding carboxylic acids is 1. The second-order valence-electron chi connectivity index (χ2n) is 2.81. The number of carbonyl (C=O) groups is 1. The van der Waals surface area contributed by atoms with E-state index in [1.165, 1.54) is 0 Å². The van der Waals surface area contributed by atoms with E-state index in [9.17, 15) is 22.4 Å². The summed E-state index contributed by atoms with van der Waals surface area (Å²) < 4.78 is 49.4. The normalized spacial score (nSPS) is 10.5. The molecule has 0 radical (unpaired) electrons. The van der Waals surface area contributed by atoms with E-state index >= 15 is 0 Å². The summed E-state index contributed by atoms with van der Waals surface area (Å²) >= 11 is 0. The maximum absolute atomic E-state index is 13.0. The van der Waals surface area contributed by atoms with Crippen molar-refractivity contribution in [1.29, 1.82) is 0 Å². The SMILES string of the molecule is NC(=O)C#Cc1ccc(C(F)(F)F)c(F)c1. The van der Waals surface area contributed by atoms with Crippen molar-refractivity contribution in [2.75, 3.05) is 0 Å². The molecule has 0 aromatic heterocycles. The molecule has 0 bridgehead atoms. The predicted molar refractivity (Wildman–Crippen MR) is 47.5 cm³/mol. The fraction of sp³-hybridized carbons (Fsp3) is 0.100. The summed E-state index contributed by atoms with van der Waals surface area (Å²) in [6, 6.07) is 2.11. The van der Waals surface area contributed by atoms with Gasteiger partial charge in [0.25, 0.3) is 5.91 Å². The van der Waals surface area contributed by atoms with Crippen LogP contribution in [0.1, 0.15) is 11.1 Å². The second-order valence-corrected chi connectivity index (χ2v) is 2.81. The standard InChI is InChI=1S/C10H5F4NO/c11-8-5-6(2-4-9(15)16)1-3-7(8)10(12,13)14/h1,3,5H,(H2,15,16). The van der Waals surface area contributed by atoms with Gasteiger partial charge in [0.15, 0.2) is 0 Å². The van der Waals surface area contributed by atoms with Gasteiger partial charge in [0.2, 0.25) is 0 Å². The number of hydrogen-bond acceptors (Lipinski definition) is 1. The van der Waals surface area contributed by atoms with Gasteiger partial charge in [0.1, 0.15) is 5.82 Å². The second kappa shape index (κ2) is 4.23. The molecule has 0 fully saturated rings. The first-order valence-corrected chi connectivity index (χ1v) is 3.99. The molecule has 0 unspecified atom stereocenters. The Morgan fingerprint density at radius 2 is 1.94 bits per heavy atom. The number of nitrogens with two attached hydrogens (primary N) is 1. The van der Waals surface area contributed by atoms with Crippen LogP contribution in [0.2, 0.25) is 0 Å². The van der Waals surface area contributed by atoms with E-state index in [2.05, 4.69) is 5.92 Å². The highest BCUT2D eigenvalue weighted by atomic mass is 19.4. The minimum Gasteiger partial charge on any atom is -0.359 e. The molecule has 2 N–H and O–H groups in total. The van der Waals surface area contributed by atoms with Gasteiger partial charge < -0.3 is 5.73 Å². The lowest BCUT2D eigenvalue weighted by atomic mass is 10.1. The first-order chi connectivity index (χ1) is 7.30. The lowest BCUT2D eigenvalue weighted by Crippen LogP contribution is -2.08. The predicted octanol–water partition coefficient (Wildman–Crippen LogP) is 1.68. The Balaban J connectivity index is 3.11. The molecule has 0 saturated carbocycles. The van der Waals surface area contributed by atoms with Crippen LogP contribution in [-0.2, 0) is 11.0 Å². The van der Waals surface area contributed by atoms with Crippen molar-refractivity contribution in [2.24, 2.45) is 5.73 Å². The third-order valence-electron chi connectivity index (χ3n) is 1.60. The third-order valence-corrected chi connectivity index (χ3v) is 1.60. The zero-order valence-corrected chi connectivity index (χ0v) is 7.73. The van der Waals surface area contributed by atoms with Crippen molar-refractivity contribution in [3.8, 4) is 11.8 Å². The summed E-state index contributed by atoms with van der Waals surface area (Å²) in [7, 11) is 0. The molecule has 1 aromatic rings. The summed E-state index contributed by atoms with van der Waals surface area (Å²) in [5.41, 5.74) is 3.26. The van der Waals surface area contributed by atoms with Gasteiger partial charge in [0.05, 0.1) is 5.56 Å². The molecule has 0 atom stereocenters. The largest absolute Gasteiger partial charge is 0.419 e. The van der Waals surface area contributed by atoms with Crippen LogP contribution in [0.3, 0.4) is 0 Å². The molecular formula is C10H5F4NO. The summed E-state index contributed by atoms with van der Waals surface area (Å²) in [6.07, 6.45) is -4.75. The van der Waals surface area contributed by atoms with Crippen LogP contribution in [0.15, 0.2) is 18.2 Å². The number of primary amides is 1. The van der Waals surface area contributed by atoms with Crippen LogP contribution in [0, 0.1) is 17.7 Å². The van der Waals surface area contributed by atoms with E-state index in [0.29, 0.717) is 12.1 Å². The molecule has 2 nitrogen and oxygen atoms in total. The van der Waals surface area contributed by atoms with Gasteiger partial charge in [-0.3, -0.25) is 4.79 Å². The summed E-state index contributed by atoms with van der Waals surface area (Å²) in [6.45, 7) is 0. The molecule has 84 valence electrons. The summed E-state index contributed by atoms with van der Waals surface area (Å²) in [5, 5.41) is 0. The smallest absolute Gasteiger partial charge is 0.359 e. The molecule has 0 aliphatic carbocycles. The van der Waals surface area contributed by atoms with Gasteiger partial charge in [-0.2, -0.15) is 13.2 Å². The van der Waals surface area contributed by atoms with Crippen LogP contribution in [0.5, 0.6) is 0 Å². The highest BCUT2D eigenvalue weighted by molar-refractivity contribution is 5.92. The Morgan fingerprint density at radius 1 is 1.31 bits per heavy atom. The molecule has 1 aromatic carbocycles. The first kappa shape index (κ1) is 12.0. The van der Waals surface area contributed by atoms with Crippen LogP contribution < -0.4 is 5.73 Å². The maximum atomic E-state index is 13.0. The number of rotatable bonds is 0. The van der Waals surface area contributed by atoms with Gasteiger partial charge in [-0.15, -0.1) is 0 Å². The number of halogens is 4. The van der Waals surface area contributed by atoms with E-state index in [1.54, 1.807) is 0 Å². The lowest BCUT2D eigenvalue weighted by Gasteiger charge is -2.07. The first-order valence-electron chi connectivity index (χ1n) is 3.99. The molecule has 0 saturated heterocycles. The van der Waals surface area contributed by atoms with Gasteiger partial charge >= 0.3 is 6.18 Å². The van der Waals surface area contributed by atoms with E-state index in [-0.39, 0.29) is 5.56 Å². The molecule has 0 aliphatic rings. The average Bonchev–Trinajstić information content (AvgIpc) is 2.12. The van der Waals surface area contributed by atoms with Crippen molar-refractivity contribution in [1.82, 2.24) is 0 Å². The van der Waals surface area contributed by atoms with Gasteiger partial charge in [0, 0.05) is 5.56 Å². The lowest BCUT2D eigenvalue weighted by molar-refractivity contribution is -0.140. The Labute approximate surface area is 88.1 Å². The van der Waals surface area contributed by atoms with E-state index in [0.717, 1.165) is 6.07 Å². The summed E-state index contributed by atoms with van der Waals surface area (Å²) in [5.74, 6) is 1.63.